The van der Waals surface area contributed by atoms with Crippen LogP contribution in [0, 0.1) is 0 Å². The maximum Gasteiger partial charge on any atom is 0.309 e. The summed E-state index contributed by atoms with van der Waals surface area (Å²) >= 11 is -3.31. The van der Waals surface area contributed by atoms with Crippen molar-refractivity contribution >= 4 is 11.1 Å². The molecule has 0 aromatic carbocycles. The average Bonchev–Trinajstić information content (AvgIpc) is 2.10. The van der Waals surface area contributed by atoms with Crippen molar-refractivity contribution in [1.29, 1.82) is 0 Å². The minimum atomic E-state index is -3.59. The number of alkyl halides is 2. The zero-order valence-corrected chi connectivity index (χ0v) is 8.69. The molecular formula is C8H15F2O3S-. The normalized spacial score (nSPS) is 14.3. The van der Waals surface area contributed by atoms with Crippen LogP contribution >= 0.6 is 0 Å². The number of aliphatic hydroxyl groups excluding tert-OH is 1. The van der Waals surface area contributed by atoms with E-state index in [0.717, 1.165) is 12.8 Å². The number of unbranched alkanes of at least 4 members (excludes halogenated alkanes) is 4. The summed E-state index contributed by atoms with van der Waals surface area (Å²) in [6.45, 7) is 0.112. The van der Waals surface area contributed by atoms with Crippen molar-refractivity contribution in [3.8, 4) is 0 Å². The third kappa shape index (κ3) is 6.39. The quantitative estimate of drug-likeness (QED) is 0.510. The summed E-state index contributed by atoms with van der Waals surface area (Å²) in [5.74, 6) is 0. The van der Waals surface area contributed by atoms with E-state index in [9.17, 15) is 17.5 Å². The summed E-state index contributed by atoms with van der Waals surface area (Å²) in [7, 11) is 0. The molecular weight excluding hydrogens is 214 g/mol. The molecule has 3 nitrogen and oxygen atoms in total. The molecule has 0 amide bonds. The maximum absolute atomic E-state index is 12.5. The van der Waals surface area contributed by atoms with Crippen molar-refractivity contribution in [2.45, 2.75) is 43.8 Å². The molecule has 0 radical (unpaired) electrons. The zero-order valence-electron chi connectivity index (χ0n) is 7.88. The molecule has 1 N–H and O–H groups in total. The van der Waals surface area contributed by atoms with Crippen molar-refractivity contribution in [3.63, 3.8) is 0 Å². The van der Waals surface area contributed by atoms with Gasteiger partial charge in [0.2, 0.25) is 0 Å². The molecule has 0 bridgehead atoms. The molecule has 6 heteroatoms. The highest BCUT2D eigenvalue weighted by Gasteiger charge is 2.29. The Morgan fingerprint density at radius 3 is 2.14 bits per heavy atom. The molecule has 1 unspecified atom stereocenters. The molecule has 14 heavy (non-hydrogen) atoms. The van der Waals surface area contributed by atoms with Crippen LogP contribution in [0.5, 0.6) is 0 Å². The van der Waals surface area contributed by atoms with Gasteiger partial charge in [-0.15, -0.1) is 0 Å². The first-order chi connectivity index (χ1) is 6.50. The largest absolute Gasteiger partial charge is 0.768 e. The van der Waals surface area contributed by atoms with Crippen LogP contribution in [0.2, 0.25) is 0 Å². The van der Waals surface area contributed by atoms with Gasteiger partial charge in [-0.3, -0.25) is 4.21 Å². The maximum atomic E-state index is 12.5. The second-order valence-electron chi connectivity index (χ2n) is 3.11. The second-order valence-corrected chi connectivity index (χ2v) is 4.18. The van der Waals surface area contributed by atoms with E-state index in [-0.39, 0.29) is 13.0 Å². The Morgan fingerprint density at radius 1 is 1.14 bits per heavy atom. The number of hydrogen-bond donors (Lipinski definition) is 1. The zero-order chi connectivity index (χ0) is 11.0. The lowest BCUT2D eigenvalue weighted by molar-refractivity contribution is 0.0760. The van der Waals surface area contributed by atoms with E-state index in [4.69, 9.17) is 5.11 Å². The summed E-state index contributed by atoms with van der Waals surface area (Å²) in [4.78, 5) is 0. The lowest BCUT2D eigenvalue weighted by atomic mass is 10.1. The molecule has 0 aromatic rings. The van der Waals surface area contributed by atoms with Crippen LogP contribution in [-0.2, 0) is 11.1 Å². The first kappa shape index (κ1) is 13.9. The van der Waals surface area contributed by atoms with Crippen LogP contribution in [0.4, 0.5) is 8.78 Å². The molecule has 0 aliphatic carbocycles. The summed E-state index contributed by atoms with van der Waals surface area (Å²) in [5.41, 5.74) is 0. The highest BCUT2D eigenvalue weighted by molar-refractivity contribution is 7.80. The SMILES string of the molecule is O=S([O-])C(F)(F)CCCCCCCO. The minimum absolute atomic E-state index is 0.112. The van der Waals surface area contributed by atoms with Crippen LogP contribution in [0.3, 0.4) is 0 Å². The van der Waals surface area contributed by atoms with Crippen molar-refractivity contribution in [1.82, 2.24) is 0 Å². The Kier molecular flexibility index (Phi) is 7.22. The molecule has 0 saturated carbocycles. The number of hydrogen-bond acceptors (Lipinski definition) is 3. The monoisotopic (exact) mass is 229 g/mol. The van der Waals surface area contributed by atoms with Gasteiger partial charge in [-0.05, 0) is 12.8 Å². The fourth-order valence-corrected chi connectivity index (χ4v) is 1.37. The third-order valence-electron chi connectivity index (χ3n) is 1.87. The predicted octanol–water partition coefficient (Wildman–Crippen LogP) is 1.79. The molecule has 86 valence electrons. The average molecular weight is 229 g/mol. The predicted molar refractivity (Wildman–Crippen MR) is 48.7 cm³/mol. The molecule has 0 aromatic heterocycles. The topological polar surface area (TPSA) is 60.4 Å². The first-order valence-electron chi connectivity index (χ1n) is 4.59. The Morgan fingerprint density at radius 2 is 1.64 bits per heavy atom. The minimum Gasteiger partial charge on any atom is -0.768 e. The highest BCUT2D eigenvalue weighted by atomic mass is 32.2. The van der Waals surface area contributed by atoms with Crippen molar-refractivity contribution in [2.24, 2.45) is 0 Å². The van der Waals surface area contributed by atoms with E-state index < -0.39 is 22.8 Å². The molecule has 0 fully saturated rings. The molecule has 0 saturated heterocycles. The van der Waals surface area contributed by atoms with Crippen molar-refractivity contribution in [2.75, 3.05) is 6.61 Å². The van der Waals surface area contributed by atoms with E-state index in [1.54, 1.807) is 0 Å². The van der Waals surface area contributed by atoms with Gasteiger partial charge in [-0.2, -0.15) is 8.78 Å². The summed E-state index contributed by atoms with van der Waals surface area (Å²) in [6, 6.07) is 0. The van der Waals surface area contributed by atoms with E-state index in [2.05, 4.69) is 0 Å². The van der Waals surface area contributed by atoms with E-state index in [0.29, 0.717) is 12.8 Å². The highest BCUT2D eigenvalue weighted by Crippen LogP contribution is 2.24. The van der Waals surface area contributed by atoms with Crippen molar-refractivity contribution in [3.05, 3.63) is 0 Å². The lowest BCUT2D eigenvalue weighted by Crippen LogP contribution is -2.22. The van der Waals surface area contributed by atoms with Gasteiger partial charge < -0.3 is 9.66 Å². The van der Waals surface area contributed by atoms with Crippen LogP contribution in [0.1, 0.15) is 38.5 Å². The van der Waals surface area contributed by atoms with Gasteiger partial charge in [-0.25, -0.2) is 0 Å². The number of halogens is 2. The fraction of sp³-hybridized carbons (Fsp3) is 1.00. The van der Waals surface area contributed by atoms with Gasteiger partial charge in [0.15, 0.2) is 0 Å². The Labute approximate surface area is 84.8 Å². The van der Waals surface area contributed by atoms with Gasteiger partial charge >= 0.3 is 5.25 Å². The molecule has 0 spiro atoms. The van der Waals surface area contributed by atoms with E-state index >= 15 is 0 Å². The first-order valence-corrected chi connectivity index (χ1v) is 5.66. The molecule has 1 atom stereocenters. The standard InChI is InChI=1S/C8H16F2O3S/c9-8(10,14(12)13)6-4-2-1-3-5-7-11/h11H,1-7H2,(H,12,13)/p-1. The van der Waals surface area contributed by atoms with Gasteiger partial charge in [0.1, 0.15) is 0 Å². The van der Waals surface area contributed by atoms with Gasteiger partial charge in [0.25, 0.3) is 0 Å². The third-order valence-corrected chi connectivity index (χ3v) is 2.56. The summed E-state index contributed by atoms with van der Waals surface area (Å²) in [6.07, 6.45) is 2.38. The summed E-state index contributed by atoms with van der Waals surface area (Å²) < 4.78 is 44.9. The number of rotatable bonds is 8. The van der Waals surface area contributed by atoms with Crippen LogP contribution in [0.15, 0.2) is 0 Å². The molecule has 0 rings (SSSR count). The summed E-state index contributed by atoms with van der Waals surface area (Å²) in [5, 5.41) is 4.84. The van der Waals surface area contributed by atoms with Gasteiger partial charge in [-0.1, -0.05) is 19.3 Å². The Balaban J connectivity index is 3.40. The fourth-order valence-electron chi connectivity index (χ4n) is 1.06. The Bertz CT molecular complexity index is 176. The van der Waals surface area contributed by atoms with Crippen molar-refractivity contribution < 1.29 is 22.6 Å². The second kappa shape index (κ2) is 7.25. The lowest BCUT2D eigenvalue weighted by Gasteiger charge is -2.18. The molecule has 0 aliphatic heterocycles. The Hall–Kier alpha value is -0.0700. The van der Waals surface area contributed by atoms with Crippen LogP contribution in [0.25, 0.3) is 0 Å². The van der Waals surface area contributed by atoms with E-state index in [1.807, 2.05) is 0 Å². The van der Waals surface area contributed by atoms with E-state index in [1.165, 1.54) is 0 Å². The molecule has 0 aliphatic rings. The molecule has 0 heterocycles. The van der Waals surface area contributed by atoms with Crippen LogP contribution < -0.4 is 0 Å². The smallest absolute Gasteiger partial charge is 0.309 e. The number of aliphatic hydroxyl groups is 1. The van der Waals surface area contributed by atoms with Gasteiger partial charge in [0, 0.05) is 24.1 Å². The van der Waals surface area contributed by atoms with Crippen LogP contribution in [-0.4, -0.2) is 25.7 Å². The van der Waals surface area contributed by atoms with Gasteiger partial charge in [0.05, 0.1) is 0 Å².